The molecule has 140 valence electrons. The van der Waals surface area contributed by atoms with Crippen LogP contribution in [-0.2, 0) is 17.8 Å². The summed E-state index contributed by atoms with van der Waals surface area (Å²) in [6, 6.07) is -0.928. The number of amides is 1. The monoisotopic (exact) mass is 377 g/mol. The van der Waals surface area contributed by atoms with Gasteiger partial charge in [-0.3, -0.25) is 14.2 Å². The highest BCUT2D eigenvalue weighted by atomic mass is 32.1. The number of rotatable bonds is 5. The number of carboxylic acid groups (broad SMARTS) is 1. The largest absolute Gasteiger partial charge is 0.480 e. The first-order chi connectivity index (χ1) is 12.4. The van der Waals surface area contributed by atoms with Crippen molar-refractivity contribution < 1.29 is 14.7 Å². The van der Waals surface area contributed by atoms with E-state index in [2.05, 4.69) is 10.3 Å². The molecule has 1 amide bonds. The second-order valence-corrected chi connectivity index (χ2v) is 7.68. The second kappa shape index (κ2) is 7.57. The van der Waals surface area contributed by atoms with Crippen LogP contribution in [-0.4, -0.2) is 32.6 Å². The molecule has 0 radical (unpaired) electrons. The van der Waals surface area contributed by atoms with Crippen molar-refractivity contribution in [1.82, 2.24) is 14.9 Å². The van der Waals surface area contributed by atoms with Gasteiger partial charge in [0, 0.05) is 13.0 Å². The Morgan fingerprint density at radius 1 is 1.35 bits per heavy atom. The van der Waals surface area contributed by atoms with Gasteiger partial charge in [0.2, 0.25) is 0 Å². The standard InChI is InChI=1S/C18H23N3O4S/c1-3-7-11(18(24)25)19-15(22)14-10(2)13-16(26-14)20-12-8-5-4-6-9-21(12)17(13)23/h11H,3-9H2,1-2H3,(H,19,22)(H,24,25). The quantitative estimate of drug-likeness (QED) is 0.833. The van der Waals surface area contributed by atoms with Crippen LogP contribution in [0.1, 0.15) is 60.1 Å². The van der Waals surface area contributed by atoms with Crippen LogP contribution in [0, 0.1) is 6.92 Å². The Bertz CT molecular complexity index is 915. The number of nitrogens with zero attached hydrogens (tertiary/aromatic N) is 2. The lowest BCUT2D eigenvalue weighted by Gasteiger charge is -2.12. The Morgan fingerprint density at radius 3 is 2.81 bits per heavy atom. The van der Waals surface area contributed by atoms with E-state index in [9.17, 15) is 19.5 Å². The summed E-state index contributed by atoms with van der Waals surface area (Å²) in [5, 5.41) is 12.3. The summed E-state index contributed by atoms with van der Waals surface area (Å²) in [5.74, 6) is -0.725. The number of nitrogens with one attached hydrogen (secondary N) is 1. The Morgan fingerprint density at radius 2 is 2.12 bits per heavy atom. The predicted octanol–water partition coefficient (Wildman–Crippen LogP) is 2.48. The molecule has 0 spiro atoms. The van der Waals surface area contributed by atoms with Crippen LogP contribution in [0.4, 0.5) is 0 Å². The van der Waals surface area contributed by atoms with E-state index in [-0.39, 0.29) is 5.56 Å². The highest BCUT2D eigenvalue weighted by molar-refractivity contribution is 7.20. The van der Waals surface area contributed by atoms with Crippen LogP contribution >= 0.6 is 11.3 Å². The topological polar surface area (TPSA) is 101 Å². The Labute approximate surface area is 155 Å². The average Bonchev–Trinajstić information content (AvgIpc) is 2.77. The number of aryl methyl sites for hydroxylation is 2. The molecule has 3 heterocycles. The van der Waals surface area contributed by atoms with Crippen molar-refractivity contribution in [3.63, 3.8) is 0 Å². The Balaban J connectivity index is 2.01. The summed E-state index contributed by atoms with van der Waals surface area (Å²) in [4.78, 5) is 42.4. The molecule has 7 nitrogen and oxygen atoms in total. The molecule has 1 unspecified atom stereocenters. The number of aliphatic carboxylic acids is 1. The molecule has 0 saturated carbocycles. The maximum absolute atomic E-state index is 12.9. The van der Waals surface area contributed by atoms with E-state index in [1.54, 1.807) is 11.5 Å². The van der Waals surface area contributed by atoms with Crippen LogP contribution in [0.15, 0.2) is 4.79 Å². The number of thiophene rings is 1. The van der Waals surface area contributed by atoms with Gasteiger partial charge in [-0.1, -0.05) is 19.8 Å². The first kappa shape index (κ1) is 18.6. The van der Waals surface area contributed by atoms with Gasteiger partial charge in [0.25, 0.3) is 11.5 Å². The highest BCUT2D eigenvalue weighted by Gasteiger charge is 2.25. The molecule has 0 aliphatic carbocycles. The fourth-order valence-electron chi connectivity index (χ4n) is 3.40. The van der Waals surface area contributed by atoms with Gasteiger partial charge in [-0.05, 0) is 31.7 Å². The van der Waals surface area contributed by atoms with E-state index < -0.39 is 17.9 Å². The van der Waals surface area contributed by atoms with E-state index in [0.717, 1.165) is 31.5 Å². The molecule has 8 heteroatoms. The van der Waals surface area contributed by atoms with Crippen LogP contribution in [0.3, 0.4) is 0 Å². The molecule has 1 atom stereocenters. The lowest BCUT2D eigenvalue weighted by atomic mass is 10.1. The second-order valence-electron chi connectivity index (χ2n) is 6.68. The van der Waals surface area contributed by atoms with Crippen molar-refractivity contribution in [2.24, 2.45) is 0 Å². The summed E-state index contributed by atoms with van der Waals surface area (Å²) < 4.78 is 1.73. The van der Waals surface area contributed by atoms with Crippen molar-refractivity contribution in [3.8, 4) is 0 Å². The number of aromatic nitrogens is 2. The number of carbonyl (C=O) groups excluding carboxylic acids is 1. The number of hydrogen-bond donors (Lipinski definition) is 2. The molecule has 2 N–H and O–H groups in total. The van der Waals surface area contributed by atoms with Crippen molar-refractivity contribution in [2.45, 2.75) is 65.0 Å². The van der Waals surface area contributed by atoms with Gasteiger partial charge in [-0.2, -0.15) is 0 Å². The molecule has 0 saturated heterocycles. The minimum Gasteiger partial charge on any atom is -0.480 e. The zero-order valence-corrected chi connectivity index (χ0v) is 15.8. The highest BCUT2D eigenvalue weighted by Crippen LogP contribution is 2.28. The van der Waals surface area contributed by atoms with Gasteiger partial charge >= 0.3 is 5.97 Å². The van der Waals surface area contributed by atoms with Crippen LogP contribution in [0.2, 0.25) is 0 Å². The minimum absolute atomic E-state index is 0.0944. The molecule has 2 aromatic heterocycles. The normalized spacial score (nSPS) is 15.3. The molecule has 2 aromatic rings. The van der Waals surface area contributed by atoms with Crippen LogP contribution in [0.25, 0.3) is 10.2 Å². The minimum atomic E-state index is -1.05. The van der Waals surface area contributed by atoms with Crippen molar-refractivity contribution in [1.29, 1.82) is 0 Å². The summed E-state index contributed by atoms with van der Waals surface area (Å²) in [5.41, 5.74) is 0.489. The summed E-state index contributed by atoms with van der Waals surface area (Å²) in [6.45, 7) is 4.26. The molecule has 26 heavy (non-hydrogen) atoms. The van der Waals surface area contributed by atoms with Gasteiger partial charge in [0.05, 0.1) is 10.3 Å². The zero-order chi connectivity index (χ0) is 18.8. The summed E-state index contributed by atoms with van der Waals surface area (Å²) in [6.07, 6.45) is 4.82. The van der Waals surface area contributed by atoms with Crippen LogP contribution < -0.4 is 10.9 Å². The smallest absolute Gasteiger partial charge is 0.326 e. The SMILES string of the molecule is CCCC(NC(=O)c1sc2nc3n(c(=O)c2c1C)CCCCC3)C(=O)O. The summed E-state index contributed by atoms with van der Waals surface area (Å²) in [7, 11) is 0. The molecule has 0 fully saturated rings. The van der Waals surface area contributed by atoms with Crippen LogP contribution in [0.5, 0.6) is 0 Å². The van der Waals surface area contributed by atoms with Gasteiger partial charge in [0.1, 0.15) is 16.7 Å². The van der Waals surface area contributed by atoms with E-state index >= 15 is 0 Å². The fourth-order valence-corrected chi connectivity index (χ4v) is 4.49. The third-order valence-electron chi connectivity index (χ3n) is 4.80. The van der Waals surface area contributed by atoms with E-state index in [1.165, 1.54) is 11.3 Å². The van der Waals surface area contributed by atoms with E-state index in [1.807, 2.05) is 6.92 Å². The lowest BCUT2D eigenvalue weighted by molar-refractivity contribution is -0.139. The molecular weight excluding hydrogens is 354 g/mol. The van der Waals surface area contributed by atoms with Gasteiger partial charge in [-0.15, -0.1) is 11.3 Å². The Kier molecular flexibility index (Phi) is 5.41. The zero-order valence-electron chi connectivity index (χ0n) is 15.0. The first-order valence-electron chi connectivity index (χ1n) is 9.00. The van der Waals surface area contributed by atoms with Crippen molar-refractivity contribution >= 4 is 33.4 Å². The molecule has 0 aromatic carbocycles. The lowest BCUT2D eigenvalue weighted by Crippen LogP contribution is -2.40. The average molecular weight is 377 g/mol. The molecular formula is C18H23N3O4S. The van der Waals surface area contributed by atoms with Crippen molar-refractivity contribution in [3.05, 3.63) is 26.6 Å². The molecule has 0 bridgehead atoms. The van der Waals surface area contributed by atoms with Crippen molar-refractivity contribution in [2.75, 3.05) is 0 Å². The first-order valence-corrected chi connectivity index (χ1v) is 9.82. The number of fused-ring (bicyclic) bond motifs is 2. The Hall–Kier alpha value is -2.22. The molecule has 1 aliphatic heterocycles. The van der Waals surface area contributed by atoms with Gasteiger partial charge in [-0.25, -0.2) is 9.78 Å². The maximum Gasteiger partial charge on any atom is 0.326 e. The van der Waals surface area contributed by atoms with E-state index in [4.69, 9.17) is 0 Å². The third-order valence-corrected chi connectivity index (χ3v) is 5.98. The van der Waals surface area contributed by atoms with Gasteiger partial charge in [0.15, 0.2) is 0 Å². The predicted molar refractivity (Wildman–Crippen MR) is 100.0 cm³/mol. The maximum atomic E-state index is 12.9. The number of hydrogen-bond acceptors (Lipinski definition) is 5. The summed E-state index contributed by atoms with van der Waals surface area (Å²) >= 11 is 1.17. The number of carbonyl (C=O) groups is 2. The van der Waals surface area contributed by atoms with Gasteiger partial charge < -0.3 is 10.4 Å². The third kappa shape index (κ3) is 3.38. The number of carboxylic acids is 1. The molecule has 1 aliphatic rings. The van der Waals surface area contributed by atoms with E-state index in [0.29, 0.717) is 40.0 Å². The molecule has 3 rings (SSSR count). The fraction of sp³-hybridized carbons (Fsp3) is 0.556.